The molecule has 0 amide bonds. The first-order valence-corrected chi connectivity index (χ1v) is 16.6. The Morgan fingerprint density at radius 1 is 0.340 bits per heavy atom. The smallest absolute Gasteiger partial charge is 0.179 e. The third-order valence-electron chi connectivity index (χ3n) is 9.28. The molecule has 0 aliphatic heterocycles. The molecule has 3 nitrogen and oxygen atoms in total. The molecule has 0 aliphatic rings. The summed E-state index contributed by atoms with van der Waals surface area (Å²) >= 11 is 1.82. The minimum atomic E-state index is 0.631. The molecule has 218 valence electrons. The van der Waals surface area contributed by atoms with Crippen LogP contribution in [-0.4, -0.2) is 15.0 Å². The van der Waals surface area contributed by atoms with E-state index in [1.165, 1.54) is 36.7 Å². The van der Waals surface area contributed by atoms with Crippen LogP contribution in [0.15, 0.2) is 152 Å². The van der Waals surface area contributed by atoms with Gasteiger partial charge in [0.2, 0.25) is 0 Å². The number of nitrogens with zero attached hydrogens (tertiary/aromatic N) is 3. The molecule has 3 aromatic heterocycles. The number of para-hydroxylation sites is 2. The van der Waals surface area contributed by atoms with Crippen LogP contribution >= 0.6 is 11.3 Å². The average Bonchev–Trinajstić information content (AvgIpc) is 3.50. The van der Waals surface area contributed by atoms with Crippen LogP contribution in [0.2, 0.25) is 0 Å². The Morgan fingerprint density at radius 3 is 1.81 bits per heavy atom. The van der Waals surface area contributed by atoms with E-state index in [2.05, 4.69) is 146 Å². The number of hydrogen-bond acceptors (Lipinski definition) is 4. The Hall–Kier alpha value is -5.97. The largest absolute Gasteiger partial charge is 0.244 e. The number of pyridine rings is 1. The Labute approximate surface area is 274 Å². The van der Waals surface area contributed by atoms with Gasteiger partial charge in [0.1, 0.15) is 5.69 Å². The third-order valence-corrected chi connectivity index (χ3v) is 10.4. The highest BCUT2D eigenvalue weighted by atomic mass is 32.1. The normalized spacial score (nSPS) is 11.8. The van der Waals surface area contributed by atoms with Crippen molar-refractivity contribution in [3.63, 3.8) is 0 Å². The number of aromatic nitrogens is 3. The maximum Gasteiger partial charge on any atom is 0.179 e. The summed E-state index contributed by atoms with van der Waals surface area (Å²) in [6.45, 7) is 0. The molecule has 0 atom stereocenters. The summed E-state index contributed by atoms with van der Waals surface area (Å²) in [4.78, 5) is 15.9. The number of thiophene rings is 1. The first kappa shape index (κ1) is 26.3. The number of fused-ring (bicyclic) bond motifs is 8. The molecular weight excluding hydrogens is 591 g/mol. The van der Waals surface area contributed by atoms with Crippen LogP contribution in [0, 0.1) is 0 Å². The summed E-state index contributed by atoms with van der Waals surface area (Å²) in [5, 5.41) is 9.29. The summed E-state index contributed by atoms with van der Waals surface area (Å²) in [6.07, 6.45) is 0. The van der Waals surface area contributed by atoms with E-state index in [4.69, 9.17) is 15.0 Å². The van der Waals surface area contributed by atoms with Gasteiger partial charge in [-0.1, -0.05) is 121 Å². The molecular formula is C43H25N3S. The second-order valence-electron chi connectivity index (χ2n) is 12.0. The van der Waals surface area contributed by atoms with Gasteiger partial charge in [-0.15, -0.1) is 11.3 Å². The van der Waals surface area contributed by atoms with Gasteiger partial charge in [-0.3, -0.25) is 0 Å². The zero-order valence-electron chi connectivity index (χ0n) is 25.2. The van der Waals surface area contributed by atoms with Gasteiger partial charge in [-0.05, 0) is 57.6 Å². The fraction of sp³-hybridized carbons (Fsp3) is 0. The van der Waals surface area contributed by atoms with Gasteiger partial charge in [0, 0.05) is 41.9 Å². The van der Waals surface area contributed by atoms with Crippen molar-refractivity contribution in [3.05, 3.63) is 152 Å². The van der Waals surface area contributed by atoms with E-state index in [0.717, 1.165) is 54.9 Å². The van der Waals surface area contributed by atoms with Crippen molar-refractivity contribution in [1.29, 1.82) is 0 Å². The lowest BCUT2D eigenvalue weighted by Gasteiger charge is -2.15. The average molecular weight is 616 g/mol. The molecule has 0 saturated carbocycles. The van der Waals surface area contributed by atoms with E-state index in [-0.39, 0.29) is 0 Å². The Balaban J connectivity index is 1.28. The topological polar surface area (TPSA) is 38.7 Å². The van der Waals surface area contributed by atoms with E-state index in [0.29, 0.717) is 5.82 Å². The van der Waals surface area contributed by atoms with Crippen LogP contribution in [0.3, 0.4) is 0 Å². The molecule has 0 radical (unpaired) electrons. The van der Waals surface area contributed by atoms with Crippen LogP contribution < -0.4 is 0 Å². The SMILES string of the molecule is c1ccc(-c2cccc3c(-c4nc(-c5nc6ccccc6c6cc7c(cc56)sc5ccccc57)nc5ccccc45)cccc23)cc1. The van der Waals surface area contributed by atoms with Crippen molar-refractivity contribution in [2.45, 2.75) is 0 Å². The minimum absolute atomic E-state index is 0.631. The summed E-state index contributed by atoms with van der Waals surface area (Å²) in [7, 11) is 0. The van der Waals surface area contributed by atoms with Crippen LogP contribution in [0.5, 0.6) is 0 Å². The highest BCUT2D eigenvalue weighted by Gasteiger charge is 2.19. The van der Waals surface area contributed by atoms with E-state index in [1.54, 1.807) is 0 Å². The predicted octanol–water partition coefficient (Wildman–Crippen LogP) is 11.9. The molecule has 10 aromatic rings. The van der Waals surface area contributed by atoms with Crippen molar-refractivity contribution in [2.75, 3.05) is 0 Å². The van der Waals surface area contributed by atoms with E-state index in [9.17, 15) is 0 Å². The lowest BCUT2D eigenvalue weighted by molar-refractivity contribution is 1.21. The molecule has 0 N–H and O–H groups in total. The molecule has 0 aliphatic carbocycles. The Bertz CT molecular complexity index is 2850. The van der Waals surface area contributed by atoms with Crippen LogP contribution in [-0.2, 0) is 0 Å². The molecule has 0 saturated heterocycles. The molecule has 3 heterocycles. The van der Waals surface area contributed by atoms with Crippen molar-refractivity contribution < 1.29 is 0 Å². The molecule has 10 rings (SSSR count). The van der Waals surface area contributed by atoms with Gasteiger partial charge < -0.3 is 0 Å². The third kappa shape index (κ3) is 4.09. The van der Waals surface area contributed by atoms with E-state index >= 15 is 0 Å². The summed E-state index contributed by atoms with van der Waals surface area (Å²) in [5.74, 6) is 0.631. The van der Waals surface area contributed by atoms with Gasteiger partial charge in [0.15, 0.2) is 5.82 Å². The minimum Gasteiger partial charge on any atom is -0.244 e. The van der Waals surface area contributed by atoms with Gasteiger partial charge in [0.25, 0.3) is 0 Å². The van der Waals surface area contributed by atoms with Crippen molar-refractivity contribution in [3.8, 4) is 33.9 Å². The fourth-order valence-corrected chi connectivity index (χ4v) is 8.24. The Kier molecular flexibility index (Phi) is 5.74. The summed E-state index contributed by atoms with van der Waals surface area (Å²) in [6, 6.07) is 53.7. The molecule has 4 heteroatoms. The van der Waals surface area contributed by atoms with Crippen molar-refractivity contribution in [2.24, 2.45) is 0 Å². The number of rotatable bonds is 3. The zero-order valence-corrected chi connectivity index (χ0v) is 26.0. The summed E-state index contributed by atoms with van der Waals surface area (Å²) in [5.41, 5.74) is 7.03. The standard InChI is InChI=1S/C43H25N3S/c1-2-12-26(13-3-1)27-17-10-19-29-28(27)18-11-20-32(29)41-33-16-5-8-22-38(33)45-43(46-41)42-36-25-40-35(31-15-6-9-23-39(31)47-40)24-34(36)30-14-4-7-21-37(30)44-42/h1-25H. The monoisotopic (exact) mass is 615 g/mol. The summed E-state index contributed by atoms with van der Waals surface area (Å²) < 4.78 is 2.52. The molecule has 0 spiro atoms. The van der Waals surface area contributed by atoms with Crippen molar-refractivity contribution in [1.82, 2.24) is 15.0 Å². The van der Waals surface area contributed by atoms with Gasteiger partial charge in [0.05, 0.1) is 16.7 Å². The van der Waals surface area contributed by atoms with Crippen molar-refractivity contribution >= 4 is 74.9 Å². The van der Waals surface area contributed by atoms with E-state index < -0.39 is 0 Å². The van der Waals surface area contributed by atoms with E-state index in [1.807, 2.05) is 17.4 Å². The molecule has 0 fully saturated rings. The van der Waals surface area contributed by atoms with Gasteiger partial charge in [-0.25, -0.2) is 15.0 Å². The first-order chi connectivity index (χ1) is 23.3. The number of benzene rings is 7. The second kappa shape index (κ2) is 10.3. The maximum atomic E-state index is 5.40. The predicted molar refractivity (Wildman–Crippen MR) is 199 cm³/mol. The second-order valence-corrected chi connectivity index (χ2v) is 13.0. The highest BCUT2D eigenvalue weighted by Crippen LogP contribution is 2.42. The lowest BCUT2D eigenvalue weighted by Crippen LogP contribution is -1.99. The molecule has 7 aromatic carbocycles. The number of hydrogen-bond donors (Lipinski definition) is 0. The molecule has 0 unspecified atom stereocenters. The lowest BCUT2D eigenvalue weighted by atomic mass is 9.93. The van der Waals surface area contributed by atoms with Crippen LogP contribution in [0.4, 0.5) is 0 Å². The first-order valence-electron chi connectivity index (χ1n) is 15.8. The zero-order chi connectivity index (χ0) is 30.9. The highest BCUT2D eigenvalue weighted by molar-refractivity contribution is 7.25. The quantitative estimate of drug-likeness (QED) is 0.186. The fourth-order valence-electron chi connectivity index (χ4n) is 7.11. The van der Waals surface area contributed by atoms with Gasteiger partial charge >= 0.3 is 0 Å². The Morgan fingerprint density at radius 2 is 0.979 bits per heavy atom. The maximum absolute atomic E-state index is 5.40. The van der Waals surface area contributed by atoms with Crippen LogP contribution in [0.1, 0.15) is 0 Å². The molecule has 0 bridgehead atoms. The molecule has 47 heavy (non-hydrogen) atoms. The van der Waals surface area contributed by atoms with Crippen LogP contribution in [0.25, 0.3) is 97.4 Å². The van der Waals surface area contributed by atoms with Gasteiger partial charge in [-0.2, -0.15) is 0 Å².